The molecular weight excluding hydrogens is 440 g/mol. The normalized spacial score (nSPS) is 26.4. The van der Waals surface area contributed by atoms with Gasteiger partial charge in [0.05, 0.1) is 4.90 Å². The van der Waals surface area contributed by atoms with Crippen LogP contribution in [0.4, 0.5) is 0 Å². The molecule has 1 aliphatic heterocycles. The average molecular weight is 471 g/mol. The fourth-order valence-electron chi connectivity index (χ4n) is 4.52. The van der Waals surface area contributed by atoms with Crippen molar-refractivity contribution in [3.05, 3.63) is 28.7 Å². The number of hydrogen-bond donors (Lipinski definition) is 1. The van der Waals surface area contributed by atoms with E-state index in [0.717, 1.165) is 36.7 Å². The molecule has 28 heavy (non-hydrogen) atoms. The van der Waals surface area contributed by atoms with Crippen LogP contribution in [-0.4, -0.2) is 37.9 Å². The fraction of sp³-hybridized carbons (Fsp3) is 0.667. The number of sulfonamides is 1. The summed E-state index contributed by atoms with van der Waals surface area (Å²) in [7, 11) is -3.52. The number of likely N-dealkylation sites (tertiary alicyclic amines) is 1. The number of amides is 1. The molecule has 0 unspecified atom stereocenters. The molecular formula is C21H31BrN2O3S. The molecule has 0 bridgehead atoms. The lowest BCUT2D eigenvalue weighted by Gasteiger charge is -2.38. The molecule has 1 amide bonds. The predicted molar refractivity (Wildman–Crippen MR) is 114 cm³/mol. The van der Waals surface area contributed by atoms with Crippen molar-refractivity contribution in [2.45, 2.75) is 76.3 Å². The molecule has 1 N–H and O–H groups in total. The topological polar surface area (TPSA) is 66.5 Å². The highest BCUT2D eigenvalue weighted by Crippen LogP contribution is 2.36. The van der Waals surface area contributed by atoms with E-state index in [1.54, 1.807) is 24.3 Å². The zero-order chi connectivity index (χ0) is 20.5. The van der Waals surface area contributed by atoms with Crippen molar-refractivity contribution < 1.29 is 13.2 Å². The van der Waals surface area contributed by atoms with Crippen molar-refractivity contribution in [3.63, 3.8) is 0 Å². The number of hydrogen-bond acceptors (Lipinski definition) is 3. The van der Waals surface area contributed by atoms with Crippen LogP contribution in [0.3, 0.4) is 0 Å². The van der Waals surface area contributed by atoms with Crippen molar-refractivity contribution in [1.29, 1.82) is 0 Å². The quantitative estimate of drug-likeness (QED) is 0.711. The van der Waals surface area contributed by atoms with Crippen LogP contribution in [0.2, 0.25) is 0 Å². The van der Waals surface area contributed by atoms with E-state index >= 15 is 0 Å². The maximum atomic E-state index is 13.1. The van der Waals surface area contributed by atoms with E-state index in [0.29, 0.717) is 18.9 Å². The van der Waals surface area contributed by atoms with Crippen LogP contribution in [0.15, 0.2) is 33.6 Å². The van der Waals surface area contributed by atoms with Gasteiger partial charge in [0.1, 0.15) is 0 Å². The lowest BCUT2D eigenvalue weighted by atomic mass is 9.82. The molecule has 2 aliphatic rings. The highest BCUT2D eigenvalue weighted by Gasteiger charge is 2.40. The van der Waals surface area contributed by atoms with Crippen LogP contribution in [0, 0.1) is 11.3 Å². The van der Waals surface area contributed by atoms with Gasteiger partial charge in [-0.1, -0.05) is 36.7 Å². The monoisotopic (exact) mass is 470 g/mol. The number of nitrogens with one attached hydrogen (secondary N) is 1. The number of rotatable bonds is 4. The summed E-state index contributed by atoms with van der Waals surface area (Å²) in [6.07, 6.45) is 5.08. The van der Waals surface area contributed by atoms with Gasteiger partial charge in [0, 0.05) is 29.0 Å². The minimum atomic E-state index is -3.52. The smallest absolute Gasteiger partial charge is 0.240 e. The molecule has 0 radical (unpaired) electrons. The Morgan fingerprint density at radius 2 is 1.68 bits per heavy atom. The van der Waals surface area contributed by atoms with Gasteiger partial charge in [-0.25, -0.2) is 13.1 Å². The number of carbonyl (C=O) groups is 1. The molecule has 1 saturated carbocycles. The summed E-state index contributed by atoms with van der Waals surface area (Å²) in [4.78, 5) is 15.5. The van der Waals surface area contributed by atoms with Crippen molar-refractivity contribution in [3.8, 4) is 0 Å². The summed E-state index contributed by atoms with van der Waals surface area (Å²) >= 11 is 3.32. The molecule has 1 aliphatic carbocycles. The molecule has 1 heterocycles. The van der Waals surface area contributed by atoms with Crippen molar-refractivity contribution >= 4 is 31.9 Å². The summed E-state index contributed by atoms with van der Waals surface area (Å²) in [5.74, 6) is 0.294. The minimum absolute atomic E-state index is 0.0244. The average Bonchev–Trinajstić information content (AvgIpc) is 3.12. The number of benzene rings is 1. The maximum Gasteiger partial charge on any atom is 0.240 e. The van der Waals surface area contributed by atoms with Gasteiger partial charge < -0.3 is 4.90 Å². The predicted octanol–water partition coefficient (Wildman–Crippen LogP) is 4.32. The summed E-state index contributed by atoms with van der Waals surface area (Å²) in [5.41, 5.74) is 0.101. The Bertz CT molecular complexity index is 794. The van der Waals surface area contributed by atoms with Crippen LogP contribution in [0.25, 0.3) is 0 Å². The van der Waals surface area contributed by atoms with Crippen molar-refractivity contribution in [1.82, 2.24) is 9.62 Å². The Morgan fingerprint density at radius 1 is 1.07 bits per heavy atom. The highest BCUT2D eigenvalue weighted by atomic mass is 79.9. The van der Waals surface area contributed by atoms with E-state index in [-0.39, 0.29) is 28.2 Å². The zero-order valence-electron chi connectivity index (χ0n) is 16.9. The van der Waals surface area contributed by atoms with Gasteiger partial charge >= 0.3 is 0 Å². The summed E-state index contributed by atoms with van der Waals surface area (Å²) in [5, 5.41) is 0. The molecule has 1 aromatic rings. The van der Waals surface area contributed by atoms with Crippen LogP contribution < -0.4 is 4.72 Å². The Kier molecular flexibility index (Phi) is 6.57. The first kappa shape index (κ1) is 21.8. The third-order valence-corrected chi connectivity index (χ3v) is 8.12. The minimum Gasteiger partial charge on any atom is -0.339 e. The Labute approximate surface area is 177 Å². The summed E-state index contributed by atoms with van der Waals surface area (Å²) in [6, 6.07) is 6.86. The molecule has 156 valence electrons. The Hall–Kier alpha value is -0.920. The first-order valence-electron chi connectivity index (χ1n) is 10.2. The second-order valence-corrected chi connectivity index (χ2v) is 11.8. The van der Waals surface area contributed by atoms with Gasteiger partial charge in [-0.2, -0.15) is 0 Å². The molecule has 7 heteroatoms. The lowest BCUT2D eigenvalue weighted by Crippen LogP contribution is -2.47. The lowest BCUT2D eigenvalue weighted by molar-refractivity contribution is -0.139. The zero-order valence-corrected chi connectivity index (χ0v) is 19.4. The van der Waals surface area contributed by atoms with Gasteiger partial charge in [0.15, 0.2) is 0 Å². The van der Waals surface area contributed by atoms with Gasteiger partial charge in [-0.05, 0) is 68.2 Å². The van der Waals surface area contributed by atoms with Crippen LogP contribution in [-0.2, 0) is 14.8 Å². The Balaban J connectivity index is 1.57. The first-order valence-corrected chi connectivity index (χ1v) is 12.4. The number of halogens is 1. The van der Waals surface area contributed by atoms with E-state index in [4.69, 9.17) is 0 Å². The highest BCUT2D eigenvalue weighted by molar-refractivity contribution is 9.10. The van der Waals surface area contributed by atoms with Crippen LogP contribution in [0.5, 0.6) is 0 Å². The summed E-state index contributed by atoms with van der Waals surface area (Å²) < 4.78 is 28.8. The molecule has 1 saturated heterocycles. The maximum absolute atomic E-state index is 13.1. The van der Waals surface area contributed by atoms with E-state index in [1.807, 2.05) is 0 Å². The van der Waals surface area contributed by atoms with Gasteiger partial charge in [0.25, 0.3) is 0 Å². The first-order chi connectivity index (χ1) is 13.1. The molecule has 2 fully saturated rings. The molecule has 1 aromatic carbocycles. The van der Waals surface area contributed by atoms with E-state index in [2.05, 4.69) is 46.3 Å². The third kappa shape index (κ3) is 4.97. The van der Waals surface area contributed by atoms with E-state index < -0.39 is 10.0 Å². The molecule has 0 spiro atoms. The standard InChI is InChI=1S/C21H31BrN2O3S/c1-21(2,3)19-5-4-14-24(19)20(25)15-6-10-17(11-7-15)23-28(26,27)18-12-8-16(22)9-13-18/h8-9,12-13,15,17,19,23H,4-7,10-11,14H2,1-3H3/t15-,17-,19-/m1/s1. The van der Waals surface area contributed by atoms with Crippen molar-refractivity contribution in [2.75, 3.05) is 6.54 Å². The van der Waals surface area contributed by atoms with Gasteiger partial charge in [0.2, 0.25) is 15.9 Å². The largest absolute Gasteiger partial charge is 0.339 e. The molecule has 1 atom stereocenters. The van der Waals surface area contributed by atoms with Crippen molar-refractivity contribution in [2.24, 2.45) is 11.3 Å². The Morgan fingerprint density at radius 3 is 2.25 bits per heavy atom. The van der Waals surface area contributed by atoms with Crippen LogP contribution >= 0.6 is 15.9 Å². The SMILES string of the molecule is CC(C)(C)[C@H]1CCCN1C(=O)[C@H]1CC[C@H](NS(=O)(=O)c2ccc(Br)cc2)CC1. The van der Waals surface area contributed by atoms with E-state index in [1.165, 1.54) is 0 Å². The third-order valence-electron chi connectivity index (χ3n) is 6.06. The second-order valence-electron chi connectivity index (χ2n) is 9.18. The molecule has 0 aromatic heterocycles. The number of nitrogens with zero attached hydrogens (tertiary/aromatic N) is 1. The number of carbonyl (C=O) groups excluding carboxylic acids is 1. The molecule has 3 rings (SSSR count). The van der Waals surface area contributed by atoms with Gasteiger partial charge in [-0.15, -0.1) is 0 Å². The fourth-order valence-corrected chi connectivity index (χ4v) is 6.09. The summed E-state index contributed by atoms with van der Waals surface area (Å²) in [6.45, 7) is 7.47. The van der Waals surface area contributed by atoms with Crippen LogP contribution in [0.1, 0.15) is 59.3 Å². The van der Waals surface area contributed by atoms with Gasteiger partial charge in [-0.3, -0.25) is 4.79 Å². The molecule has 5 nitrogen and oxygen atoms in total. The van der Waals surface area contributed by atoms with E-state index in [9.17, 15) is 13.2 Å². The second kappa shape index (κ2) is 8.44.